The van der Waals surface area contributed by atoms with Gasteiger partial charge in [-0.05, 0) is 55.9 Å². The lowest BCUT2D eigenvalue weighted by Crippen LogP contribution is -2.32. The van der Waals surface area contributed by atoms with Crippen LogP contribution < -0.4 is 5.32 Å². The van der Waals surface area contributed by atoms with Crippen LogP contribution in [0.2, 0.25) is 0 Å². The van der Waals surface area contributed by atoms with Gasteiger partial charge in [0.25, 0.3) is 0 Å². The van der Waals surface area contributed by atoms with Crippen molar-refractivity contribution in [2.24, 2.45) is 0 Å². The average Bonchev–Trinajstić information content (AvgIpc) is 2.61. The molecule has 2 aromatic heterocycles. The van der Waals surface area contributed by atoms with Gasteiger partial charge >= 0.3 is 0 Å². The normalized spacial score (nSPS) is 20.9. The van der Waals surface area contributed by atoms with E-state index in [4.69, 9.17) is 5.26 Å². The van der Waals surface area contributed by atoms with Crippen LogP contribution in [-0.2, 0) is 6.42 Å². The topological polar surface area (TPSA) is 61.6 Å². The van der Waals surface area contributed by atoms with E-state index in [-0.39, 0.29) is 12.1 Å². The van der Waals surface area contributed by atoms with Crippen molar-refractivity contribution in [3.63, 3.8) is 0 Å². The second kappa shape index (κ2) is 7.34. The van der Waals surface area contributed by atoms with Crippen LogP contribution in [-0.4, -0.2) is 9.97 Å². The Bertz CT molecular complexity index is 705. The molecule has 1 saturated heterocycles. The molecule has 4 nitrogen and oxygen atoms in total. The van der Waals surface area contributed by atoms with Gasteiger partial charge in [-0.25, -0.2) is 0 Å². The standard InChI is InChI=1S/C19H22N4/c1-14-6-4-12-21-18(14)16-9-2-10-17(23-16)19-15(7-3-11-20)8-5-13-22-19/h4-6,8,12-13,16-17,23H,2-3,7,9-10H2,1H3/t16-,17+/m0/s1. The molecule has 1 N–H and O–H groups in total. The summed E-state index contributed by atoms with van der Waals surface area (Å²) in [6, 6.07) is 10.9. The number of nitrogens with zero attached hydrogens (tertiary/aromatic N) is 3. The van der Waals surface area contributed by atoms with Crippen LogP contribution in [0.4, 0.5) is 0 Å². The van der Waals surface area contributed by atoms with Crippen molar-refractivity contribution in [2.45, 2.75) is 51.1 Å². The zero-order chi connectivity index (χ0) is 16.1. The zero-order valence-electron chi connectivity index (χ0n) is 13.5. The second-order valence-electron chi connectivity index (χ2n) is 6.11. The molecular formula is C19H22N4. The van der Waals surface area contributed by atoms with E-state index in [1.165, 1.54) is 11.1 Å². The Balaban J connectivity index is 1.82. The molecule has 3 rings (SSSR count). The molecule has 0 aliphatic carbocycles. The molecule has 1 fully saturated rings. The van der Waals surface area contributed by atoms with Gasteiger partial charge in [-0.2, -0.15) is 5.26 Å². The summed E-state index contributed by atoms with van der Waals surface area (Å²) < 4.78 is 0. The molecule has 1 aliphatic rings. The Morgan fingerprint density at radius 2 is 1.83 bits per heavy atom. The molecule has 0 aromatic carbocycles. The molecule has 0 unspecified atom stereocenters. The second-order valence-corrected chi connectivity index (χ2v) is 6.11. The maximum absolute atomic E-state index is 8.86. The van der Waals surface area contributed by atoms with E-state index in [0.29, 0.717) is 6.42 Å². The fourth-order valence-electron chi connectivity index (χ4n) is 3.40. The Morgan fingerprint density at radius 3 is 2.57 bits per heavy atom. The fourth-order valence-corrected chi connectivity index (χ4v) is 3.40. The van der Waals surface area contributed by atoms with Gasteiger partial charge in [-0.3, -0.25) is 9.97 Å². The van der Waals surface area contributed by atoms with E-state index in [1.807, 2.05) is 24.5 Å². The number of aromatic nitrogens is 2. The predicted octanol–water partition coefficient (Wildman–Crippen LogP) is 3.80. The highest BCUT2D eigenvalue weighted by Gasteiger charge is 2.27. The van der Waals surface area contributed by atoms with Crippen LogP contribution >= 0.6 is 0 Å². The molecule has 0 bridgehead atoms. The molecule has 0 saturated carbocycles. The lowest BCUT2D eigenvalue weighted by molar-refractivity contribution is 0.319. The van der Waals surface area contributed by atoms with Crippen molar-refractivity contribution in [1.29, 1.82) is 5.26 Å². The van der Waals surface area contributed by atoms with Gasteiger partial charge in [-0.15, -0.1) is 0 Å². The summed E-state index contributed by atoms with van der Waals surface area (Å²) in [4.78, 5) is 9.19. The Hall–Kier alpha value is -2.25. The summed E-state index contributed by atoms with van der Waals surface area (Å²) in [6.45, 7) is 2.12. The maximum Gasteiger partial charge on any atom is 0.0625 e. The maximum atomic E-state index is 8.86. The molecule has 2 atom stereocenters. The van der Waals surface area contributed by atoms with Gasteiger partial charge in [0.2, 0.25) is 0 Å². The summed E-state index contributed by atoms with van der Waals surface area (Å²) in [5, 5.41) is 12.6. The van der Waals surface area contributed by atoms with E-state index in [9.17, 15) is 0 Å². The Kier molecular flexibility index (Phi) is 4.99. The molecule has 0 radical (unpaired) electrons. The summed E-state index contributed by atoms with van der Waals surface area (Å²) in [5.41, 5.74) is 4.66. The minimum absolute atomic E-state index is 0.241. The number of nitrogens with one attached hydrogen (secondary N) is 1. The van der Waals surface area contributed by atoms with Gasteiger partial charge in [0.05, 0.1) is 29.5 Å². The van der Waals surface area contributed by atoms with Crippen LogP contribution in [0.15, 0.2) is 36.7 Å². The van der Waals surface area contributed by atoms with E-state index < -0.39 is 0 Å². The fraction of sp³-hybridized carbons (Fsp3) is 0.421. The van der Waals surface area contributed by atoms with Gasteiger partial charge in [0.1, 0.15) is 0 Å². The third-order valence-electron chi connectivity index (χ3n) is 4.53. The zero-order valence-corrected chi connectivity index (χ0v) is 13.5. The number of hydrogen-bond acceptors (Lipinski definition) is 4. The number of nitriles is 1. The molecule has 1 aliphatic heterocycles. The van der Waals surface area contributed by atoms with Crippen molar-refractivity contribution < 1.29 is 0 Å². The van der Waals surface area contributed by atoms with Crippen LogP contribution in [0.1, 0.15) is 60.3 Å². The van der Waals surface area contributed by atoms with Crippen LogP contribution in [0.25, 0.3) is 0 Å². The first-order chi connectivity index (χ1) is 11.3. The highest BCUT2D eigenvalue weighted by Crippen LogP contribution is 2.33. The number of hydrogen-bond donors (Lipinski definition) is 1. The van der Waals surface area contributed by atoms with E-state index in [2.05, 4.69) is 40.4 Å². The lowest BCUT2D eigenvalue weighted by atomic mass is 9.90. The van der Waals surface area contributed by atoms with Gasteiger partial charge in [-0.1, -0.05) is 12.1 Å². The third kappa shape index (κ3) is 3.57. The van der Waals surface area contributed by atoms with E-state index in [1.54, 1.807) is 0 Å². The molecule has 2 aromatic rings. The Morgan fingerprint density at radius 1 is 1.13 bits per heavy atom. The first-order valence-electron chi connectivity index (χ1n) is 8.28. The molecule has 118 valence electrons. The minimum atomic E-state index is 0.241. The summed E-state index contributed by atoms with van der Waals surface area (Å²) in [7, 11) is 0. The number of pyridine rings is 2. The number of piperidine rings is 1. The summed E-state index contributed by atoms with van der Waals surface area (Å²) in [6.07, 6.45) is 8.37. The van der Waals surface area contributed by atoms with Gasteiger partial charge < -0.3 is 5.32 Å². The largest absolute Gasteiger partial charge is 0.300 e. The monoisotopic (exact) mass is 306 g/mol. The number of rotatable bonds is 4. The summed E-state index contributed by atoms with van der Waals surface area (Å²) in [5.74, 6) is 0. The van der Waals surface area contributed by atoms with E-state index in [0.717, 1.165) is 37.1 Å². The lowest BCUT2D eigenvalue weighted by Gasteiger charge is -2.32. The van der Waals surface area contributed by atoms with Crippen LogP contribution in [0, 0.1) is 18.3 Å². The summed E-state index contributed by atoms with van der Waals surface area (Å²) >= 11 is 0. The molecule has 0 spiro atoms. The molecule has 0 amide bonds. The smallest absolute Gasteiger partial charge is 0.0625 e. The van der Waals surface area contributed by atoms with E-state index >= 15 is 0 Å². The molecular weight excluding hydrogens is 284 g/mol. The first kappa shape index (κ1) is 15.6. The third-order valence-corrected chi connectivity index (χ3v) is 4.53. The first-order valence-corrected chi connectivity index (χ1v) is 8.28. The van der Waals surface area contributed by atoms with Crippen LogP contribution in [0.3, 0.4) is 0 Å². The quantitative estimate of drug-likeness (QED) is 0.933. The minimum Gasteiger partial charge on any atom is -0.300 e. The van der Waals surface area contributed by atoms with Crippen LogP contribution in [0.5, 0.6) is 0 Å². The van der Waals surface area contributed by atoms with Crippen molar-refractivity contribution >= 4 is 0 Å². The average molecular weight is 306 g/mol. The van der Waals surface area contributed by atoms with Crippen molar-refractivity contribution in [2.75, 3.05) is 0 Å². The van der Waals surface area contributed by atoms with Crippen molar-refractivity contribution in [1.82, 2.24) is 15.3 Å². The highest BCUT2D eigenvalue weighted by molar-refractivity contribution is 5.26. The molecule has 3 heterocycles. The van der Waals surface area contributed by atoms with Crippen molar-refractivity contribution in [3.05, 3.63) is 59.2 Å². The molecule has 4 heteroatoms. The van der Waals surface area contributed by atoms with Gasteiger partial charge in [0, 0.05) is 18.8 Å². The molecule has 23 heavy (non-hydrogen) atoms. The van der Waals surface area contributed by atoms with Crippen molar-refractivity contribution in [3.8, 4) is 6.07 Å². The number of aryl methyl sites for hydroxylation is 2. The highest BCUT2D eigenvalue weighted by atomic mass is 15.0. The predicted molar refractivity (Wildman–Crippen MR) is 89.6 cm³/mol. The van der Waals surface area contributed by atoms with Gasteiger partial charge in [0.15, 0.2) is 0 Å². The SMILES string of the molecule is Cc1cccnc1[C@@H]1CCC[C@H](c2ncccc2CCC#N)N1. The Labute approximate surface area is 137 Å².